The number of halogens is 2. The Kier molecular flexibility index (Phi) is 5.28. The summed E-state index contributed by atoms with van der Waals surface area (Å²) in [6, 6.07) is 6.03. The van der Waals surface area contributed by atoms with Crippen LogP contribution in [0.5, 0.6) is 0 Å². The Labute approximate surface area is 126 Å². The minimum atomic E-state index is -0.341. The first-order valence-electron chi connectivity index (χ1n) is 6.74. The van der Waals surface area contributed by atoms with E-state index in [4.69, 9.17) is 0 Å². The normalized spacial score (nSPS) is 26.0. The Bertz CT molecular complexity index is 405. The molecule has 3 atom stereocenters. The first-order valence-corrected chi connectivity index (χ1v) is 8.33. The van der Waals surface area contributed by atoms with E-state index in [-0.39, 0.29) is 6.10 Å². The van der Waals surface area contributed by atoms with Gasteiger partial charge in [0.15, 0.2) is 0 Å². The van der Waals surface area contributed by atoms with Gasteiger partial charge >= 0.3 is 0 Å². The fourth-order valence-corrected chi connectivity index (χ4v) is 3.85. The predicted octanol–water partition coefficient (Wildman–Crippen LogP) is 5.46. The van der Waals surface area contributed by atoms with Gasteiger partial charge in [-0.05, 0) is 48.4 Å². The second-order valence-electron chi connectivity index (χ2n) is 5.31. The molecule has 1 aromatic rings. The molecule has 0 spiro atoms. The highest BCUT2D eigenvalue weighted by Gasteiger charge is 2.28. The van der Waals surface area contributed by atoms with Crippen LogP contribution in [0.1, 0.15) is 50.7 Å². The van der Waals surface area contributed by atoms with E-state index in [9.17, 15) is 5.11 Å². The molecule has 3 unspecified atom stereocenters. The van der Waals surface area contributed by atoms with Crippen LogP contribution in [0.15, 0.2) is 27.1 Å². The summed E-state index contributed by atoms with van der Waals surface area (Å²) in [4.78, 5) is 0. The molecular weight excluding hydrogens is 356 g/mol. The van der Waals surface area contributed by atoms with Crippen LogP contribution in [0.4, 0.5) is 0 Å². The molecule has 0 aromatic heterocycles. The number of benzene rings is 1. The molecule has 0 bridgehead atoms. The summed E-state index contributed by atoms with van der Waals surface area (Å²) in [5.41, 5.74) is 1.02. The average molecular weight is 376 g/mol. The Balaban J connectivity index is 2.14. The molecule has 2 rings (SSSR count). The fourth-order valence-electron chi connectivity index (χ4n) is 2.99. The highest BCUT2D eigenvalue weighted by molar-refractivity contribution is 9.11. The van der Waals surface area contributed by atoms with Gasteiger partial charge in [0.2, 0.25) is 0 Å². The first kappa shape index (κ1) is 14.5. The molecule has 0 saturated heterocycles. The maximum Gasteiger partial charge on any atom is 0.0829 e. The van der Waals surface area contributed by atoms with Crippen molar-refractivity contribution in [3.63, 3.8) is 0 Å². The molecule has 1 nitrogen and oxygen atoms in total. The van der Waals surface area contributed by atoms with Crippen LogP contribution in [0.2, 0.25) is 0 Å². The van der Waals surface area contributed by atoms with E-state index in [0.717, 1.165) is 33.3 Å². The molecule has 18 heavy (non-hydrogen) atoms. The molecular formula is C15H20Br2O. The molecule has 0 heterocycles. The van der Waals surface area contributed by atoms with Crippen molar-refractivity contribution >= 4 is 31.9 Å². The Hall–Kier alpha value is 0.140. The summed E-state index contributed by atoms with van der Waals surface area (Å²) in [6.45, 7) is 2.26. The van der Waals surface area contributed by atoms with Crippen LogP contribution in [0.3, 0.4) is 0 Å². The van der Waals surface area contributed by atoms with Crippen LogP contribution in [0.25, 0.3) is 0 Å². The van der Waals surface area contributed by atoms with Crippen LogP contribution < -0.4 is 0 Å². The van der Waals surface area contributed by atoms with Gasteiger partial charge < -0.3 is 5.11 Å². The third kappa shape index (κ3) is 3.37. The van der Waals surface area contributed by atoms with Crippen molar-refractivity contribution in [2.75, 3.05) is 0 Å². The predicted molar refractivity (Wildman–Crippen MR) is 82.5 cm³/mol. The number of aliphatic hydroxyl groups is 1. The monoisotopic (exact) mass is 374 g/mol. The molecule has 1 N–H and O–H groups in total. The lowest BCUT2D eigenvalue weighted by Gasteiger charge is -2.32. The van der Waals surface area contributed by atoms with Crippen LogP contribution in [0, 0.1) is 11.8 Å². The van der Waals surface area contributed by atoms with Gasteiger partial charge in [0.25, 0.3) is 0 Å². The Morgan fingerprint density at radius 2 is 2.11 bits per heavy atom. The van der Waals surface area contributed by atoms with Gasteiger partial charge in [-0.25, -0.2) is 0 Å². The molecule has 0 radical (unpaired) electrons. The molecule has 0 aliphatic heterocycles. The average Bonchev–Trinajstić information content (AvgIpc) is 2.41. The maximum atomic E-state index is 10.6. The lowest BCUT2D eigenvalue weighted by atomic mass is 9.76. The van der Waals surface area contributed by atoms with Crippen molar-refractivity contribution in [2.24, 2.45) is 11.8 Å². The van der Waals surface area contributed by atoms with Crippen LogP contribution >= 0.6 is 31.9 Å². The van der Waals surface area contributed by atoms with E-state index in [0.29, 0.717) is 5.92 Å². The summed E-state index contributed by atoms with van der Waals surface area (Å²) in [5, 5.41) is 10.6. The van der Waals surface area contributed by atoms with Gasteiger partial charge in [-0.2, -0.15) is 0 Å². The standard InChI is InChI=1S/C15H20Br2O/c1-2-10-4-3-5-11(8-10)15(18)13-9-12(16)6-7-14(13)17/h6-7,9-11,15,18H,2-5,8H2,1H3. The van der Waals surface area contributed by atoms with Crippen molar-refractivity contribution in [1.82, 2.24) is 0 Å². The van der Waals surface area contributed by atoms with E-state index in [1.807, 2.05) is 18.2 Å². The van der Waals surface area contributed by atoms with E-state index in [1.54, 1.807) is 0 Å². The zero-order valence-electron chi connectivity index (χ0n) is 10.7. The number of hydrogen-bond donors (Lipinski definition) is 1. The lowest BCUT2D eigenvalue weighted by molar-refractivity contribution is 0.0672. The largest absolute Gasteiger partial charge is 0.388 e. The summed E-state index contributed by atoms with van der Waals surface area (Å²) in [5.74, 6) is 1.21. The fraction of sp³-hybridized carbons (Fsp3) is 0.600. The zero-order valence-corrected chi connectivity index (χ0v) is 13.9. The van der Waals surface area contributed by atoms with Crippen molar-refractivity contribution in [2.45, 2.75) is 45.1 Å². The highest BCUT2D eigenvalue weighted by Crippen LogP contribution is 2.40. The topological polar surface area (TPSA) is 20.2 Å². The summed E-state index contributed by atoms with van der Waals surface area (Å²) < 4.78 is 2.04. The molecule has 1 aliphatic carbocycles. The number of rotatable bonds is 3. The first-order chi connectivity index (χ1) is 8.61. The minimum absolute atomic E-state index is 0.341. The molecule has 0 amide bonds. The molecule has 1 aliphatic rings. The molecule has 1 fully saturated rings. The maximum absolute atomic E-state index is 10.6. The summed E-state index contributed by atoms with van der Waals surface area (Å²) >= 11 is 7.03. The summed E-state index contributed by atoms with van der Waals surface area (Å²) in [7, 11) is 0. The van der Waals surface area contributed by atoms with Crippen molar-refractivity contribution in [3.05, 3.63) is 32.7 Å². The quantitative estimate of drug-likeness (QED) is 0.743. The molecule has 1 aromatic carbocycles. The van der Waals surface area contributed by atoms with Gasteiger partial charge in [-0.3, -0.25) is 0 Å². The summed E-state index contributed by atoms with van der Waals surface area (Å²) in [6.07, 6.45) is 5.80. The van der Waals surface area contributed by atoms with E-state index >= 15 is 0 Å². The second-order valence-corrected chi connectivity index (χ2v) is 7.08. The van der Waals surface area contributed by atoms with E-state index in [2.05, 4.69) is 38.8 Å². The third-order valence-electron chi connectivity index (χ3n) is 4.12. The Morgan fingerprint density at radius 1 is 1.33 bits per heavy atom. The van der Waals surface area contributed by atoms with Gasteiger partial charge in [-0.1, -0.05) is 58.0 Å². The van der Waals surface area contributed by atoms with E-state index < -0.39 is 0 Å². The third-order valence-corrected chi connectivity index (χ3v) is 5.34. The van der Waals surface area contributed by atoms with Gasteiger partial charge in [0.05, 0.1) is 6.10 Å². The van der Waals surface area contributed by atoms with Crippen molar-refractivity contribution < 1.29 is 5.11 Å². The van der Waals surface area contributed by atoms with Crippen LogP contribution in [-0.2, 0) is 0 Å². The zero-order chi connectivity index (χ0) is 13.1. The Morgan fingerprint density at radius 3 is 2.83 bits per heavy atom. The molecule has 100 valence electrons. The lowest BCUT2D eigenvalue weighted by Crippen LogP contribution is -2.21. The smallest absolute Gasteiger partial charge is 0.0829 e. The molecule has 3 heteroatoms. The van der Waals surface area contributed by atoms with Crippen LogP contribution in [-0.4, -0.2) is 5.11 Å². The van der Waals surface area contributed by atoms with E-state index in [1.165, 1.54) is 19.3 Å². The van der Waals surface area contributed by atoms with Crippen molar-refractivity contribution in [1.29, 1.82) is 0 Å². The van der Waals surface area contributed by atoms with Crippen molar-refractivity contribution in [3.8, 4) is 0 Å². The SMILES string of the molecule is CCC1CCCC(C(O)c2cc(Br)ccc2Br)C1. The second kappa shape index (κ2) is 6.53. The van der Waals surface area contributed by atoms with Gasteiger partial charge in [0.1, 0.15) is 0 Å². The number of aliphatic hydroxyl groups excluding tert-OH is 1. The molecule has 1 saturated carbocycles. The highest BCUT2D eigenvalue weighted by atomic mass is 79.9. The minimum Gasteiger partial charge on any atom is -0.388 e. The van der Waals surface area contributed by atoms with Gasteiger partial charge in [-0.15, -0.1) is 0 Å². The van der Waals surface area contributed by atoms with Gasteiger partial charge in [0, 0.05) is 8.95 Å². The number of hydrogen-bond acceptors (Lipinski definition) is 1.